The molecule has 0 aliphatic carbocycles. The van der Waals surface area contributed by atoms with Crippen LogP contribution in [-0.2, 0) is 21.3 Å². The Morgan fingerprint density at radius 1 is 1.07 bits per heavy atom. The monoisotopic (exact) mass is 434 g/mol. The molecule has 0 aliphatic rings. The third-order valence-electron chi connectivity index (χ3n) is 3.80. The molecular weight excluding hydrogens is 424 g/mol. The van der Waals surface area contributed by atoms with Gasteiger partial charge in [-0.15, -0.1) is 0 Å². The topological polar surface area (TPSA) is 56.5 Å². The number of furan rings is 1. The summed E-state index contributed by atoms with van der Waals surface area (Å²) in [7, 11) is -1.82. The van der Waals surface area contributed by atoms with Crippen molar-refractivity contribution in [3.63, 3.8) is 0 Å². The molecule has 0 saturated carbocycles. The van der Waals surface area contributed by atoms with Gasteiger partial charge in [0, 0.05) is 9.92 Å². The smallest absolute Gasteiger partial charge is 0.342 e. The summed E-state index contributed by atoms with van der Waals surface area (Å²) < 4.78 is 78.0. The third kappa shape index (κ3) is 3.51. The van der Waals surface area contributed by atoms with E-state index in [1.54, 1.807) is 0 Å². The molecular formula is C18H11ClF4O4S. The van der Waals surface area contributed by atoms with E-state index in [1.165, 1.54) is 31.2 Å². The van der Waals surface area contributed by atoms with Gasteiger partial charge in [0.2, 0.25) is 11.6 Å². The van der Waals surface area contributed by atoms with Gasteiger partial charge < -0.3 is 9.15 Å². The molecule has 1 unspecified atom stereocenters. The number of carbonyl (C=O) groups is 1. The Hall–Kier alpha value is -2.39. The Morgan fingerprint density at radius 3 is 2.29 bits per heavy atom. The molecule has 1 atom stereocenters. The summed E-state index contributed by atoms with van der Waals surface area (Å²) in [6.45, 7) is 1.34. The standard InChI is InChI=1S/C18H11ClF4O4S/c1-2-26-18(24)11-10(7-28(25)9-5-3-8(19)4-6-9)27-17-12(11)13(20)14(21)15(22)16(17)23/h3-6H,2,7H2,1H3. The first kappa shape index (κ1) is 20.3. The van der Waals surface area contributed by atoms with Crippen LogP contribution in [0.1, 0.15) is 23.0 Å². The highest BCUT2D eigenvalue weighted by Gasteiger charge is 2.32. The van der Waals surface area contributed by atoms with Gasteiger partial charge in [-0.2, -0.15) is 4.39 Å². The van der Waals surface area contributed by atoms with Gasteiger partial charge in [-0.25, -0.2) is 18.0 Å². The van der Waals surface area contributed by atoms with E-state index in [1.807, 2.05) is 0 Å². The normalized spacial score (nSPS) is 12.4. The number of hydrogen-bond donors (Lipinski definition) is 0. The molecule has 0 fully saturated rings. The molecule has 148 valence electrons. The maximum absolute atomic E-state index is 14.3. The van der Waals surface area contributed by atoms with Crippen LogP contribution in [0.5, 0.6) is 0 Å². The van der Waals surface area contributed by atoms with Crippen molar-refractivity contribution < 1.29 is 35.7 Å². The molecule has 1 heterocycles. The van der Waals surface area contributed by atoms with E-state index >= 15 is 0 Å². The van der Waals surface area contributed by atoms with Crippen LogP contribution in [0.4, 0.5) is 17.6 Å². The fourth-order valence-electron chi connectivity index (χ4n) is 2.55. The summed E-state index contributed by atoms with van der Waals surface area (Å²) in [5.41, 5.74) is -1.64. The second kappa shape index (κ2) is 7.92. The molecule has 0 bridgehead atoms. The Bertz CT molecular complexity index is 1100. The van der Waals surface area contributed by atoms with Gasteiger partial charge in [0.05, 0.1) is 28.5 Å². The predicted octanol–water partition coefficient (Wildman–Crippen LogP) is 5.13. The molecule has 0 radical (unpaired) electrons. The highest BCUT2D eigenvalue weighted by Crippen LogP contribution is 2.35. The first-order valence-electron chi connectivity index (χ1n) is 7.84. The van der Waals surface area contributed by atoms with Crippen LogP contribution in [0.3, 0.4) is 0 Å². The molecule has 3 aromatic rings. The maximum atomic E-state index is 14.3. The number of ether oxygens (including phenoxy) is 1. The van der Waals surface area contributed by atoms with E-state index in [0.29, 0.717) is 5.02 Å². The van der Waals surface area contributed by atoms with Crippen LogP contribution < -0.4 is 0 Å². The number of benzene rings is 2. The quantitative estimate of drug-likeness (QED) is 0.242. The van der Waals surface area contributed by atoms with Crippen LogP contribution in [0.15, 0.2) is 33.6 Å². The minimum absolute atomic E-state index is 0.126. The molecule has 0 spiro atoms. The largest absolute Gasteiger partial charge is 0.462 e. The minimum Gasteiger partial charge on any atom is -0.462 e. The molecule has 0 N–H and O–H groups in total. The van der Waals surface area contributed by atoms with Crippen molar-refractivity contribution in [2.45, 2.75) is 17.6 Å². The van der Waals surface area contributed by atoms with Crippen LogP contribution in [0.25, 0.3) is 11.0 Å². The van der Waals surface area contributed by atoms with Crippen molar-refractivity contribution in [3.8, 4) is 0 Å². The Balaban J connectivity index is 2.18. The van der Waals surface area contributed by atoms with Crippen LogP contribution >= 0.6 is 11.6 Å². The Kier molecular flexibility index (Phi) is 5.76. The molecule has 0 aliphatic heterocycles. The van der Waals surface area contributed by atoms with Gasteiger partial charge in [-0.05, 0) is 31.2 Å². The summed E-state index contributed by atoms with van der Waals surface area (Å²) >= 11 is 5.76. The number of halogens is 5. The lowest BCUT2D eigenvalue weighted by atomic mass is 10.1. The van der Waals surface area contributed by atoms with Gasteiger partial charge in [-0.3, -0.25) is 4.21 Å². The first-order valence-corrected chi connectivity index (χ1v) is 9.54. The summed E-state index contributed by atoms with van der Waals surface area (Å²) in [5.74, 6) is -9.85. The zero-order valence-electron chi connectivity index (χ0n) is 14.2. The highest BCUT2D eigenvalue weighted by atomic mass is 35.5. The van der Waals surface area contributed by atoms with Gasteiger partial charge in [-0.1, -0.05) is 11.6 Å². The van der Waals surface area contributed by atoms with Crippen molar-refractivity contribution in [1.82, 2.24) is 0 Å². The summed E-state index contributed by atoms with van der Waals surface area (Å²) in [6.07, 6.45) is 0. The molecule has 3 rings (SSSR count). The number of hydrogen-bond acceptors (Lipinski definition) is 4. The van der Waals surface area contributed by atoms with Crippen molar-refractivity contribution >= 4 is 39.3 Å². The van der Waals surface area contributed by atoms with Crippen LogP contribution in [-0.4, -0.2) is 16.8 Å². The SMILES string of the molecule is CCOC(=O)c1c(CS(=O)c2ccc(Cl)cc2)oc2c(F)c(F)c(F)c(F)c12. The zero-order valence-corrected chi connectivity index (χ0v) is 15.7. The lowest BCUT2D eigenvalue weighted by molar-refractivity contribution is 0.0526. The van der Waals surface area contributed by atoms with E-state index in [-0.39, 0.29) is 11.5 Å². The average molecular weight is 435 g/mol. The lowest BCUT2D eigenvalue weighted by Crippen LogP contribution is -2.09. The second-order valence-electron chi connectivity index (χ2n) is 5.52. The van der Waals surface area contributed by atoms with E-state index < -0.39 is 68.1 Å². The molecule has 0 saturated heterocycles. The number of esters is 1. The fourth-order valence-corrected chi connectivity index (χ4v) is 3.73. The predicted molar refractivity (Wildman–Crippen MR) is 93.6 cm³/mol. The van der Waals surface area contributed by atoms with Gasteiger partial charge in [0.15, 0.2) is 17.2 Å². The van der Waals surface area contributed by atoms with Gasteiger partial charge in [0.25, 0.3) is 0 Å². The van der Waals surface area contributed by atoms with Crippen LogP contribution in [0, 0.1) is 23.3 Å². The van der Waals surface area contributed by atoms with Crippen molar-refractivity contribution in [2.24, 2.45) is 0 Å². The average Bonchev–Trinajstić information content (AvgIpc) is 3.04. The minimum atomic E-state index is -2.10. The number of rotatable bonds is 5. The zero-order chi connectivity index (χ0) is 20.6. The molecule has 2 aromatic carbocycles. The second-order valence-corrected chi connectivity index (χ2v) is 7.41. The van der Waals surface area contributed by atoms with Crippen LogP contribution in [0.2, 0.25) is 5.02 Å². The third-order valence-corrected chi connectivity index (χ3v) is 5.37. The molecule has 1 aromatic heterocycles. The van der Waals surface area contributed by atoms with Crippen molar-refractivity contribution in [2.75, 3.05) is 6.61 Å². The van der Waals surface area contributed by atoms with E-state index in [4.69, 9.17) is 20.8 Å². The number of carbonyl (C=O) groups excluding carboxylic acids is 1. The van der Waals surface area contributed by atoms with Gasteiger partial charge >= 0.3 is 5.97 Å². The molecule has 28 heavy (non-hydrogen) atoms. The maximum Gasteiger partial charge on any atom is 0.342 e. The van der Waals surface area contributed by atoms with E-state index in [0.717, 1.165) is 0 Å². The summed E-state index contributed by atoms with van der Waals surface area (Å²) in [6, 6.07) is 5.85. The molecule has 10 heteroatoms. The van der Waals surface area contributed by atoms with Crippen molar-refractivity contribution in [1.29, 1.82) is 0 Å². The number of fused-ring (bicyclic) bond motifs is 1. The van der Waals surface area contributed by atoms with Gasteiger partial charge in [0.1, 0.15) is 11.3 Å². The lowest BCUT2D eigenvalue weighted by Gasteiger charge is -2.05. The first-order chi connectivity index (χ1) is 13.3. The highest BCUT2D eigenvalue weighted by molar-refractivity contribution is 7.84. The fraction of sp³-hybridized carbons (Fsp3) is 0.167. The summed E-state index contributed by atoms with van der Waals surface area (Å²) in [4.78, 5) is 12.5. The van der Waals surface area contributed by atoms with Crippen molar-refractivity contribution in [3.05, 3.63) is 63.9 Å². The van der Waals surface area contributed by atoms with E-state index in [2.05, 4.69) is 0 Å². The summed E-state index contributed by atoms with van der Waals surface area (Å²) in [5, 5.41) is -0.509. The Labute approximate surface area is 163 Å². The Morgan fingerprint density at radius 2 is 1.68 bits per heavy atom. The van der Waals surface area contributed by atoms with E-state index in [9.17, 15) is 26.6 Å². The molecule has 0 amide bonds. The molecule has 4 nitrogen and oxygen atoms in total.